The van der Waals surface area contributed by atoms with E-state index in [-0.39, 0.29) is 10.8 Å². The van der Waals surface area contributed by atoms with Crippen LogP contribution in [0.3, 0.4) is 0 Å². The molecule has 0 atom stereocenters. The number of fused-ring (bicyclic) bond motifs is 1. The van der Waals surface area contributed by atoms with E-state index in [4.69, 9.17) is 16.3 Å². The third kappa shape index (κ3) is 3.27. The maximum absolute atomic E-state index is 12.2. The first kappa shape index (κ1) is 15.3. The van der Waals surface area contributed by atoms with Crippen LogP contribution in [0.2, 0.25) is 4.34 Å². The number of ether oxygens (including phenoxy) is 1. The smallest absolute Gasteiger partial charge is 0.250 e. The zero-order chi connectivity index (χ0) is 15.0. The fourth-order valence-electron chi connectivity index (χ4n) is 2.16. The number of sulfonamides is 1. The number of rotatable bonds is 4. The largest absolute Gasteiger partial charge is 0.493 e. The van der Waals surface area contributed by atoms with Gasteiger partial charge in [-0.3, -0.25) is 0 Å². The predicted molar refractivity (Wildman–Crippen MR) is 86.7 cm³/mol. The average Bonchev–Trinajstić information content (AvgIpc) is 3.04. The van der Waals surface area contributed by atoms with Gasteiger partial charge in [0.15, 0.2) is 0 Å². The molecule has 3 rings (SSSR count). The van der Waals surface area contributed by atoms with Crippen LogP contribution >= 0.6 is 38.9 Å². The normalized spacial score (nSPS) is 14.0. The van der Waals surface area contributed by atoms with Crippen molar-refractivity contribution >= 4 is 48.9 Å². The highest BCUT2D eigenvalue weighted by atomic mass is 79.9. The van der Waals surface area contributed by atoms with E-state index in [1.807, 2.05) is 12.1 Å². The summed E-state index contributed by atoms with van der Waals surface area (Å²) in [6, 6.07) is 6.94. The molecule has 2 aromatic rings. The summed E-state index contributed by atoms with van der Waals surface area (Å²) in [6.45, 7) is 0.811. The van der Waals surface area contributed by atoms with E-state index in [2.05, 4.69) is 20.7 Å². The summed E-state index contributed by atoms with van der Waals surface area (Å²) in [7, 11) is -3.55. The number of halogens is 2. The summed E-state index contributed by atoms with van der Waals surface area (Å²) in [5.41, 5.74) is 1.92. The van der Waals surface area contributed by atoms with E-state index < -0.39 is 10.0 Å². The van der Waals surface area contributed by atoms with Crippen LogP contribution in [-0.2, 0) is 23.0 Å². The van der Waals surface area contributed by atoms with E-state index in [9.17, 15) is 8.42 Å². The minimum absolute atomic E-state index is 0.180. The van der Waals surface area contributed by atoms with E-state index in [1.54, 1.807) is 6.07 Å². The van der Waals surface area contributed by atoms with Gasteiger partial charge in [0.25, 0.3) is 0 Å². The van der Waals surface area contributed by atoms with E-state index >= 15 is 0 Å². The fourth-order valence-corrected chi connectivity index (χ4v) is 5.25. The monoisotopic (exact) mass is 407 g/mol. The van der Waals surface area contributed by atoms with Crippen LogP contribution in [0.1, 0.15) is 11.1 Å². The molecule has 0 saturated carbocycles. The predicted octanol–water partition coefficient (Wildman–Crippen LogP) is 3.58. The molecule has 8 heteroatoms. The Morgan fingerprint density at radius 1 is 1.38 bits per heavy atom. The molecule has 0 bridgehead atoms. The lowest BCUT2D eigenvalue weighted by Gasteiger charge is -2.10. The van der Waals surface area contributed by atoms with Gasteiger partial charge in [-0.1, -0.05) is 27.5 Å². The van der Waals surface area contributed by atoms with E-state index in [0.29, 0.717) is 10.9 Å². The van der Waals surface area contributed by atoms with Crippen molar-refractivity contribution in [3.8, 4) is 5.75 Å². The molecule has 1 aliphatic rings. The molecule has 0 saturated heterocycles. The molecule has 0 amide bonds. The molecule has 0 spiro atoms. The summed E-state index contributed by atoms with van der Waals surface area (Å²) in [6.07, 6.45) is 0.842. The first-order chi connectivity index (χ1) is 9.95. The molecule has 0 radical (unpaired) electrons. The molecule has 1 aromatic carbocycles. The Morgan fingerprint density at radius 3 is 2.90 bits per heavy atom. The van der Waals surface area contributed by atoms with Crippen molar-refractivity contribution in [1.82, 2.24) is 4.72 Å². The molecule has 21 heavy (non-hydrogen) atoms. The molecule has 1 aromatic heterocycles. The summed E-state index contributed by atoms with van der Waals surface area (Å²) in [5.74, 6) is 0.783. The second-order valence-corrected chi connectivity index (χ2v) is 9.16. The number of benzene rings is 1. The number of hydrogen-bond donors (Lipinski definition) is 1. The van der Waals surface area contributed by atoms with Gasteiger partial charge in [0.05, 0.1) is 10.9 Å². The lowest BCUT2D eigenvalue weighted by atomic mass is 10.1. The van der Waals surface area contributed by atoms with Gasteiger partial charge in [0, 0.05) is 23.0 Å². The Kier molecular flexibility index (Phi) is 4.29. The van der Waals surface area contributed by atoms with Gasteiger partial charge in [0.2, 0.25) is 10.0 Å². The van der Waals surface area contributed by atoms with Crippen molar-refractivity contribution in [3.05, 3.63) is 44.2 Å². The van der Waals surface area contributed by atoms with Crippen LogP contribution in [-0.4, -0.2) is 15.0 Å². The Bertz CT molecular complexity index is 789. The van der Waals surface area contributed by atoms with Gasteiger partial charge in [-0.25, -0.2) is 13.1 Å². The molecule has 1 aliphatic heterocycles. The Hall–Kier alpha value is -0.600. The van der Waals surface area contributed by atoms with E-state index in [1.165, 1.54) is 6.07 Å². The number of thiophene rings is 1. The molecule has 0 aliphatic carbocycles. The van der Waals surface area contributed by atoms with Gasteiger partial charge in [-0.2, -0.15) is 0 Å². The second-order valence-electron chi connectivity index (χ2n) is 4.53. The highest BCUT2D eigenvalue weighted by molar-refractivity contribution is 9.10. The van der Waals surface area contributed by atoms with Gasteiger partial charge in [-0.05, 0) is 29.8 Å². The SMILES string of the molecule is O=S(=O)(NCc1cc(Br)cc2c1OCC2)c1ccc(Cl)s1. The van der Waals surface area contributed by atoms with Crippen molar-refractivity contribution < 1.29 is 13.2 Å². The molecule has 2 heterocycles. The minimum atomic E-state index is -3.55. The number of hydrogen-bond acceptors (Lipinski definition) is 4. The maximum Gasteiger partial charge on any atom is 0.250 e. The van der Waals surface area contributed by atoms with Crippen molar-refractivity contribution in [2.45, 2.75) is 17.2 Å². The Labute approximate surface area is 140 Å². The van der Waals surface area contributed by atoms with Crippen molar-refractivity contribution in [1.29, 1.82) is 0 Å². The highest BCUT2D eigenvalue weighted by Gasteiger charge is 2.21. The lowest BCUT2D eigenvalue weighted by Crippen LogP contribution is -2.22. The molecular formula is C13H11BrClNO3S2. The van der Waals surface area contributed by atoms with Gasteiger partial charge in [0.1, 0.15) is 9.96 Å². The topological polar surface area (TPSA) is 55.4 Å². The van der Waals surface area contributed by atoms with Gasteiger partial charge < -0.3 is 4.74 Å². The molecule has 4 nitrogen and oxygen atoms in total. The standard InChI is InChI=1S/C13H11BrClNO3S2/c14-10-5-8-3-4-19-13(8)9(6-10)7-16-21(17,18)12-2-1-11(15)20-12/h1-2,5-6,16H,3-4,7H2. The summed E-state index contributed by atoms with van der Waals surface area (Å²) in [5, 5.41) is 0. The first-order valence-corrected chi connectivity index (χ1v) is 9.62. The van der Waals surface area contributed by atoms with Crippen molar-refractivity contribution in [3.63, 3.8) is 0 Å². The Balaban J connectivity index is 1.82. The molecule has 1 N–H and O–H groups in total. The van der Waals surface area contributed by atoms with Gasteiger partial charge in [-0.15, -0.1) is 11.3 Å². The van der Waals surface area contributed by atoms with Crippen molar-refractivity contribution in [2.75, 3.05) is 6.61 Å². The van der Waals surface area contributed by atoms with Crippen LogP contribution in [0.4, 0.5) is 0 Å². The summed E-state index contributed by atoms with van der Waals surface area (Å²) >= 11 is 10.3. The zero-order valence-corrected chi connectivity index (χ0v) is 14.7. The molecule has 0 unspecified atom stereocenters. The van der Waals surface area contributed by atoms with Gasteiger partial charge >= 0.3 is 0 Å². The lowest BCUT2D eigenvalue weighted by molar-refractivity contribution is 0.353. The zero-order valence-electron chi connectivity index (χ0n) is 10.7. The molecule has 0 fully saturated rings. The van der Waals surface area contributed by atoms with E-state index in [0.717, 1.165) is 39.1 Å². The third-order valence-electron chi connectivity index (χ3n) is 3.09. The third-order valence-corrected chi connectivity index (χ3v) is 6.67. The van der Waals surface area contributed by atoms with Crippen LogP contribution in [0.5, 0.6) is 5.75 Å². The average molecular weight is 409 g/mol. The van der Waals surface area contributed by atoms with Crippen molar-refractivity contribution in [2.24, 2.45) is 0 Å². The first-order valence-electron chi connectivity index (χ1n) is 6.15. The minimum Gasteiger partial charge on any atom is -0.493 e. The number of nitrogens with one attached hydrogen (secondary N) is 1. The quantitative estimate of drug-likeness (QED) is 0.841. The van der Waals surface area contributed by atoms with Crippen LogP contribution in [0.25, 0.3) is 0 Å². The highest BCUT2D eigenvalue weighted by Crippen LogP contribution is 2.33. The van der Waals surface area contributed by atoms with Crippen LogP contribution in [0, 0.1) is 0 Å². The van der Waals surface area contributed by atoms with Crippen LogP contribution in [0.15, 0.2) is 32.9 Å². The molecular weight excluding hydrogens is 398 g/mol. The van der Waals surface area contributed by atoms with Crippen LogP contribution < -0.4 is 9.46 Å². The Morgan fingerprint density at radius 2 is 2.19 bits per heavy atom. The maximum atomic E-state index is 12.2. The second kappa shape index (κ2) is 5.89. The summed E-state index contributed by atoms with van der Waals surface area (Å²) in [4.78, 5) is 0. The molecule has 112 valence electrons. The fraction of sp³-hybridized carbons (Fsp3) is 0.231. The summed E-state index contributed by atoms with van der Waals surface area (Å²) < 4.78 is 34.1.